The Kier molecular flexibility index (Phi) is 2.90. The van der Waals surface area contributed by atoms with E-state index >= 15 is 0 Å². The predicted molar refractivity (Wildman–Crippen MR) is 69.8 cm³/mol. The highest BCUT2D eigenvalue weighted by atomic mass is 19.1. The minimum absolute atomic E-state index is 0.0592. The van der Waals surface area contributed by atoms with Gasteiger partial charge in [-0.3, -0.25) is 5.10 Å². The maximum Gasteiger partial charge on any atom is 0.224 e. The molecule has 0 radical (unpaired) electrons. The molecule has 0 bridgehead atoms. The smallest absolute Gasteiger partial charge is 0.224 e. The summed E-state index contributed by atoms with van der Waals surface area (Å²) in [7, 11) is 0. The van der Waals surface area contributed by atoms with Crippen LogP contribution >= 0.6 is 0 Å². The summed E-state index contributed by atoms with van der Waals surface area (Å²) >= 11 is 0. The highest BCUT2D eigenvalue weighted by Crippen LogP contribution is 2.20. The molecule has 0 unspecified atom stereocenters. The second kappa shape index (κ2) is 4.72. The molecule has 0 aliphatic rings. The summed E-state index contributed by atoms with van der Waals surface area (Å²) < 4.78 is 26.6. The average Bonchev–Trinajstić information content (AvgIpc) is 2.87. The molecule has 2 aromatic heterocycles. The normalized spacial score (nSPS) is 10.9. The van der Waals surface area contributed by atoms with Gasteiger partial charge in [0.15, 0.2) is 5.65 Å². The molecular weight excluding hydrogens is 266 g/mol. The topological polar surface area (TPSA) is 92.5 Å². The van der Waals surface area contributed by atoms with Crippen molar-refractivity contribution in [3.63, 3.8) is 0 Å². The lowest BCUT2D eigenvalue weighted by Crippen LogP contribution is -2.06. The van der Waals surface area contributed by atoms with Crippen LogP contribution in [-0.4, -0.2) is 20.2 Å². The quantitative estimate of drug-likeness (QED) is 0.678. The Morgan fingerprint density at radius 3 is 2.95 bits per heavy atom. The molecule has 3 aromatic rings. The maximum absolute atomic E-state index is 13.5. The van der Waals surface area contributed by atoms with Crippen LogP contribution in [0.4, 0.5) is 20.5 Å². The van der Waals surface area contributed by atoms with Gasteiger partial charge in [-0.2, -0.15) is 15.1 Å². The lowest BCUT2D eigenvalue weighted by molar-refractivity contribution is 0.587. The van der Waals surface area contributed by atoms with Crippen molar-refractivity contribution in [3.05, 3.63) is 41.6 Å². The van der Waals surface area contributed by atoms with E-state index in [9.17, 15) is 8.78 Å². The molecule has 4 N–H and O–H groups in total. The van der Waals surface area contributed by atoms with Gasteiger partial charge in [-0.1, -0.05) is 0 Å². The van der Waals surface area contributed by atoms with Crippen LogP contribution in [0.15, 0.2) is 24.4 Å². The van der Waals surface area contributed by atoms with Gasteiger partial charge in [-0.15, -0.1) is 0 Å². The van der Waals surface area contributed by atoms with E-state index < -0.39 is 11.6 Å². The standard InChI is InChI=1S/C12H10F2N6/c13-7-1-2-9(14)6(3-7)4-16-10-8-5-17-20-11(8)19-12(15)18-10/h1-3,5H,4H2,(H4,15,16,17,18,19,20). The van der Waals surface area contributed by atoms with Gasteiger partial charge in [0, 0.05) is 12.1 Å². The SMILES string of the molecule is Nc1nc(NCc2cc(F)ccc2F)c2cn[nH]c2n1. The Morgan fingerprint density at radius 1 is 1.25 bits per heavy atom. The monoisotopic (exact) mass is 276 g/mol. The molecule has 0 spiro atoms. The van der Waals surface area contributed by atoms with Crippen LogP contribution < -0.4 is 11.1 Å². The van der Waals surface area contributed by atoms with Crippen molar-refractivity contribution in [2.24, 2.45) is 0 Å². The average molecular weight is 276 g/mol. The highest BCUT2D eigenvalue weighted by molar-refractivity contribution is 5.86. The Bertz CT molecular complexity index is 770. The molecule has 8 heteroatoms. The number of hydrogen-bond acceptors (Lipinski definition) is 5. The Labute approximate surface area is 112 Å². The minimum atomic E-state index is -0.501. The molecule has 0 atom stereocenters. The van der Waals surface area contributed by atoms with Crippen molar-refractivity contribution < 1.29 is 8.78 Å². The third-order valence-corrected chi connectivity index (χ3v) is 2.78. The van der Waals surface area contributed by atoms with Crippen LogP contribution in [0, 0.1) is 11.6 Å². The number of anilines is 2. The van der Waals surface area contributed by atoms with E-state index in [1.165, 1.54) is 6.20 Å². The fourth-order valence-corrected chi connectivity index (χ4v) is 1.84. The number of nitrogen functional groups attached to an aromatic ring is 1. The molecule has 0 saturated carbocycles. The second-order valence-corrected chi connectivity index (χ2v) is 4.15. The summed E-state index contributed by atoms with van der Waals surface area (Å²) in [6.07, 6.45) is 1.53. The lowest BCUT2D eigenvalue weighted by atomic mass is 10.2. The fraction of sp³-hybridized carbons (Fsp3) is 0.0833. The first-order chi connectivity index (χ1) is 9.63. The van der Waals surface area contributed by atoms with Crippen LogP contribution in [0.5, 0.6) is 0 Å². The number of aromatic nitrogens is 4. The number of fused-ring (bicyclic) bond motifs is 1. The molecule has 0 amide bonds. The van der Waals surface area contributed by atoms with Gasteiger partial charge in [-0.05, 0) is 18.2 Å². The molecular formula is C12H10F2N6. The first kappa shape index (κ1) is 12.3. The van der Waals surface area contributed by atoms with Gasteiger partial charge < -0.3 is 11.1 Å². The summed E-state index contributed by atoms with van der Waals surface area (Å²) in [5.74, 6) is -0.530. The van der Waals surface area contributed by atoms with Crippen LogP contribution in [0.1, 0.15) is 5.56 Å². The molecule has 0 aliphatic heterocycles. The number of halogens is 2. The van der Waals surface area contributed by atoms with Crippen LogP contribution in [0.3, 0.4) is 0 Å². The number of benzene rings is 1. The summed E-state index contributed by atoms with van der Waals surface area (Å²) in [5, 5.41) is 10.0. The number of aromatic amines is 1. The summed E-state index contributed by atoms with van der Waals surface area (Å²) in [6, 6.07) is 3.27. The number of nitrogens with zero attached hydrogens (tertiary/aromatic N) is 3. The molecule has 2 heterocycles. The second-order valence-electron chi connectivity index (χ2n) is 4.15. The van der Waals surface area contributed by atoms with Gasteiger partial charge in [0.05, 0.1) is 11.6 Å². The van der Waals surface area contributed by atoms with E-state index in [1.807, 2.05) is 0 Å². The van der Waals surface area contributed by atoms with Crippen LogP contribution in [0.2, 0.25) is 0 Å². The third-order valence-electron chi connectivity index (χ3n) is 2.78. The van der Waals surface area contributed by atoms with Crippen molar-refractivity contribution >= 4 is 22.8 Å². The zero-order chi connectivity index (χ0) is 14.1. The predicted octanol–water partition coefficient (Wildman–Crippen LogP) is 1.83. The van der Waals surface area contributed by atoms with Crippen molar-refractivity contribution in [2.45, 2.75) is 6.54 Å². The molecule has 0 saturated heterocycles. The highest BCUT2D eigenvalue weighted by Gasteiger charge is 2.09. The molecule has 0 aliphatic carbocycles. The van der Waals surface area contributed by atoms with Crippen LogP contribution in [0.25, 0.3) is 11.0 Å². The molecule has 3 rings (SSSR count). The van der Waals surface area contributed by atoms with Crippen molar-refractivity contribution in [2.75, 3.05) is 11.1 Å². The summed E-state index contributed by atoms with van der Waals surface area (Å²) in [4.78, 5) is 7.98. The Balaban J connectivity index is 1.90. The van der Waals surface area contributed by atoms with Gasteiger partial charge in [0.25, 0.3) is 0 Å². The summed E-state index contributed by atoms with van der Waals surface area (Å²) in [5.41, 5.74) is 6.23. The van der Waals surface area contributed by atoms with E-state index in [-0.39, 0.29) is 18.1 Å². The first-order valence-corrected chi connectivity index (χ1v) is 5.78. The van der Waals surface area contributed by atoms with Gasteiger partial charge in [0.2, 0.25) is 5.95 Å². The number of nitrogens with two attached hydrogens (primary N) is 1. The Morgan fingerprint density at radius 2 is 2.10 bits per heavy atom. The van der Waals surface area contributed by atoms with Gasteiger partial charge in [-0.25, -0.2) is 8.78 Å². The molecule has 0 fully saturated rings. The zero-order valence-electron chi connectivity index (χ0n) is 10.2. The van der Waals surface area contributed by atoms with E-state index in [2.05, 4.69) is 25.5 Å². The number of hydrogen-bond donors (Lipinski definition) is 3. The number of nitrogens with one attached hydrogen (secondary N) is 2. The third kappa shape index (κ3) is 2.22. The van der Waals surface area contributed by atoms with Gasteiger partial charge in [0.1, 0.15) is 17.5 Å². The fourth-order valence-electron chi connectivity index (χ4n) is 1.84. The lowest BCUT2D eigenvalue weighted by Gasteiger charge is -2.08. The Hall–Kier alpha value is -2.77. The molecule has 102 valence electrons. The van der Waals surface area contributed by atoms with E-state index in [0.29, 0.717) is 16.9 Å². The first-order valence-electron chi connectivity index (χ1n) is 5.78. The van der Waals surface area contributed by atoms with Crippen molar-refractivity contribution in [3.8, 4) is 0 Å². The van der Waals surface area contributed by atoms with Crippen LogP contribution in [-0.2, 0) is 6.54 Å². The molecule has 1 aromatic carbocycles. The van der Waals surface area contributed by atoms with E-state index in [4.69, 9.17) is 5.73 Å². The maximum atomic E-state index is 13.5. The van der Waals surface area contributed by atoms with E-state index in [1.54, 1.807) is 0 Å². The van der Waals surface area contributed by atoms with Crippen molar-refractivity contribution in [1.82, 2.24) is 20.2 Å². The van der Waals surface area contributed by atoms with Gasteiger partial charge >= 0.3 is 0 Å². The zero-order valence-corrected chi connectivity index (χ0v) is 10.2. The van der Waals surface area contributed by atoms with E-state index in [0.717, 1.165) is 18.2 Å². The molecule has 20 heavy (non-hydrogen) atoms. The summed E-state index contributed by atoms with van der Waals surface area (Å²) in [6.45, 7) is 0.0698. The molecule has 6 nitrogen and oxygen atoms in total. The number of H-pyrrole nitrogens is 1. The van der Waals surface area contributed by atoms with Crippen molar-refractivity contribution in [1.29, 1.82) is 0 Å². The largest absolute Gasteiger partial charge is 0.368 e. The minimum Gasteiger partial charge on any atom is -0.368 e. The number of rotatable bonds is 3.